The van der Waals surface area contributed by atoms with E-state index in [1.54, 1.807) is 13.3 Å². The molecule has 1 amide bonds. The third kappa shape index (κ3) is 5.60. The van der Waals surface area contributed by atoms with Crippen molar-refractivity contribution in [1.29, 1.82) is 0 Å². The van der Waals surface area contributed by atoms with E-state index in [0.29, 0.717) is 0 Å². The van der Waals surface area contributed by atoms with Crippen LogP contribution in [0.3, 0.4) is 0 Å². The molecule has 0 bridgehead atoms. The van der Waals surface area contributed by atoms with Gasteiger partial charge in [0.05, 0.1) is 17.4 Å². The molecule has 122 valence electrons. The summed E-state index contributed by atoms with van der Waals surface area (Å²) in [4.78, 5) is 16.5. The van der Waals surface area contributed by atoms with E-state index in [4.69, 9.17) is 4.74 Å². The molecule has 5 heteroatoms. The van der Waals surface area contributed by atoms with Crippen molar-refractivity contribution in [2.24, 2.45) is 0 Å². The zero-order valence-electron chi connectivity index (χ0n) is 13.7. The van der Waals surface area contributed by atoms with Gasteiger partial charge in [-0.25, -0.2) is 4.98 Å². The van der Waals surface area contributed by atoms with Gasteiger partial charge in [0.25, 0.3) is 0 Å². The average molecular weight is 330 g/mol. The number of rotatable bonds is 7. The molecule has 0 aliphatic heterocycles. The summed E-state index contributed by atoms with van der Waals surface area (Å²) >= 11 is 1.46. The number of ether oxygens (including phenoxy) is 1. The Morgan fingerprint density at radius 2 is 2.09 bits per heavy atom. The van der Waals surface area contributed by atoms with Gasteiger partial charge < -0.3 is 10.1 Å². The van der Waals surface area contributed by atoms with Crippen molar-refractivity contribution in [2.45, 2.75) is 36.6 Å². The van der Waals surface area contributed by atoms with E-state index in [1.807, 2.05) is 56.3 Å². The number of nitrogens with zero attached hydrogens (tertiary/aromatic N) is 1. The summed E-state index contributed by atoms with van der Waals surface area (Å²) in [6.07, 6.45) is 2.50. The first kappa shape index (κ1) is 17.3. The lowest BCUT2D eigenvalue weighted by molar-refractivity contribution is -0.120. The van der Waals surface area contributed by atoms with Gasteiger partial charge in [-0.05, 0) is 50.1 Å². The molecule has 1 heterocycles. The number of amides is 1. The number of methoxy groups -OCH3 is 1. The predicted octanol–water partition coefficient (Wildman–Crippen LogP) is 3.32. The van der Waals surface area contributed by atoms with Gasteiger partial charge in [-0.2, -0.15) is 0 Å². The maximum Gasteiger partial charge on any atom is 0.233 e. The van der Waals surface area contributed by atoms with Crippen LogP contribution in [-0.4, -0.2) is 29.3 Å². The van der Waals surface area contributed by atoms with Crippen LogP contribution in [0.25, 0.3) is 0 Å². The van der Waals surface area contributed by atoms with Crippen molar-refractivity contribution in [3.8, 4) is 5.75 Å². The van der Waals surface area contributed by atoms with E-state index in [9.17, 15) is 4.79 Å². The summed E-state index contributed by atoms with van der Waals surface area (Å²) in [5, 5.41) is 3.73. The Hall–Kier alpha value is -2.01. The minimum atomic E-state index is -0.183. The van der Waals surface area contributed by atoms with Crippen LogP contribution in [0.4, 0.5) is 0 Å². The monoisotopic (exact) mass is 330 g/mol. The first-order valence-electron chi connectivity index (χ1n) is 7.59. The first-order chi connectivity index (χ1) is 11.1. The van der Waals surface area contributed by atoms with Gasteiger partial charge >= 0.3 is 0 Å². The van der Waals surface area contributed by atoms with Crippen molar-refractivity contribution in [2.75, 3.05) is 7.11 Å². The molecule has 2 rings (SSSR count). The number of thioether (sulfide) groups is 1. The largest absolute Gasteiger partial charge is 0.497 e. The Kier molecular flexibility index (Phi) is 6.47. The summed E-state index contributed by atoms with van der Waals surface area (Å²) in [6, 6.07) is 13.7. The molecule has 0 spiro atoms. The number of hydrogen-bond donors (Lipinski definition) is 1. The second-order valence-electron chi connectivity index (χ2n) is 5.39. The van der Waals surface area contributed by atoms with Gasteiger partial charge in [0.15, 0.2) is 0 Å². The lowest BCUT2D eigenvalue weighted by Gasteiger charge is -2.17. The minimum absolute atomic E-state index is 0.0241. The number of carbonyl (C=O) groups excluding carboxylic acids is 1. The molecule has 2 atom stereocenters. The number of pyridine rings is 1. The normalized spacial score (nSPS) is 13.2. The Labute approximate surface area is 141 Å². The van der Waals surface area contributed by atoms with Crippen molar-refractivity contribution < 1.29 is 9.53 Å². The fourth-order valence-corrected chi connectivity index (χ4v) is 3.03. The average Bonchev–Trinajstić information content (AvgIpc) is 2.55. The van der Waals surface area contributed by atoms with E-state index in [1.165, 1.54) is 11.8 Å². The fourth-order valence-electron chi connectivity index (χ4n) is 2.22. The van der Waals surface area contributed by atoms with Gasteiger partial charge in [0.2, 0.25) is 5.91 Å². The summed E-state index contributed by atoms with van der Waals surface area (Å²) in [5.41, 5.74) is 1.14. The van der Waals surface area contributed by atoms with Gasteiger partial charge in [0.1, 0.15) is 5.75 Å². The molecule has 0 saturated heterocycles. The van der Waals surface area contributed by atoms with Crippen LogP contribution in [0.15, 0.2) is 53.7 Å². The van der Waals surface area contributed by atoms with E-state index in [-0.39, 0.29) is 17.2 Å². The van der Waals surface area contributed by atoms with Gasteiger partial charge in [-0.15, -0.1) is 0 Å². The van der Waals surface area contributed by atoms with Gasteiger partial charge in [-0.3, -0.25) is 4.79 Å². The molecule has 23 heavy (non-hydrogen) atoms. The first-order valence-corrected chi connectivity index (χ1v) is 8.47. The molecule has 0 fully saturated rings. The highest BCUT2D eigenvalue weighted by Gasteiger charge is 2.17. The summed E-state index contributed by atoms with van der Waals surface area (Å²) < 4.78 is 5.22. The van der Waals surface area contributed by atoms with Gasteiger partial charge in [0, 0.05) is 12.2 Å². The summed E-state index contributed by atoms with van der Waals surface area (Å²) in [6.45, 7) is 3.91. The third-order valence-corrected chi connectivity index (χ3v) is 4.42. The van der Waals surface area contributed by atoms with Crippen molar-refractivity contribution >= 4 is 17.7 Å². The zero-order chi connectivity index (χ0) is 16.7. The van der Waals surface area contributed by atoms with E-state index >= 15 is 0 Å². The Bertz CT molecular complexity index is 634. The molecule has 4 nitrogen and oxygen atoms in total. The fraction of sp³-hybridized carbons (Fsp3) is 0.333. The highest BCUT2D eigenvalue weighted by Crippen LogP contribution is 2.20. The van der Waals surface area contributed by atoms with Crippen molar-refractivity contribution in [3.05, 3.63) is 54.2 Å². The molecule has 0 aliphatic carbocycles. The summed E-state index contributed by atoms with van der Waals surface area (Å²) in [7, 11) is 1.65. The molecule has 0 unspecified atom stereocenters. The Morgan fingerprint density at radius 1 is 1.26 bits per heavy atom. The molecule has 0 saturated carbocycles. The van der Waals surface area contributed by atoms with Crippen molar-refractivity contribution in [3.63, 3.8) is 0 Å². The lowest BCUT2D eigenvalue weighted by Crippen LogP contribution is -2.38. The summed E-state index contributed by atoms with van der Waals surface area (Å²) in [5.74, 6) is 0.858. The molecule has 1 N–H and O–H groups in total. The van der Waals surface area contributed by atoms with E-state index < -0.39 is 0 Å². The maximum absolute atomic E-state index is 12.3. The van der Waals surface area contributed by atoms with E-state index in [2.05, 4.69) is 10.3 Å². The minimum Gasteiger partial charge on any atom is -0.497 e. The number of aromatic nitrogens is 1. The molecule has 0 radical (unpaired) electrons. The maximum atomic E-state index is 12.3. The second-order valence-corrected chi connectivity index (χ2v) is 6.75. The smallest absolute Gasteiger partial charge is 0.233 e. The van der Waals surface area contributed by atoms with E-state index in [0.717, 1.165) is 22.8 Å². The SMILES string of the molecule is COc1cccc(C[C@@H](C)NC(=O)[C@@H](C)Sc2ccccn2)c1. The van der Waals surface area contributed by atoms with Crippen LogP contribution in [-0.2, 0) is 11.2 Å². The highest BCUT2D eigenvalue weighted by atomic mass is 32.2. The van der Waals surface area contributed by atoms with Crippen LogP contribution in [0.1, 0.15) is 19.4 Å². The standard InChI is InChI=1S/C18H22N2O2S/c1-13(11-15-7-6-8-16(12-15)22-3)20-18(21)14(2)23-17-9-4-5-10-19-17/h4-10,12-14H,11H2,1-3H3,(H,20,21)/t13-,14-/m1/s1. The van der Waals surface area contributed by atoms with Gasteiger partial charge in [-0.1, -0.05) is 30.0 Å². The number of hydrogen-bond acceptors (Lipinski definition) is 4. The zero-order valence-corrected chi connectivity index (χ0v) is 14.5. The molecule has 2 aromatic rings. The highest BCUT2D eigenvalue weighted by molar-refractivity contribution is 8.00. The molecular weight excluding hydrogens is 308 g/mol. The number of nitrogens with one attached hydrogen (secondary N) is 1. The molecule has 1 aromatic heterocycles. The van der Waals surface area contributed by atoms with Crippen LogP contribution in [0.5, 0.6) is 5.75 Å². The quantitative estimate of drug-likeness (QED) is 0.791. The van der Waals surface area contributed by atoms with Crippen LogP contribution >= 0.6 is 11.8 Å². The Morgan fingerprint density at radius 3 is 2.78 bits per heavy atom. The van der Waals surface area contributed by atoms with Crippen LogP contribution in [0, 0.1) is 0 Å². The third-order valence-electron chi connectivity index (χ3n) is 3.37. The molecule has 1 aromatic carbocycles. The van der Waals surface area contributed by atoms with Crippen LogP contribution in [0.2, 0.25) is 0 Å². The molecule has 0 aliphatic rings. The van der Waals surface area contributed by atoms with Crippen molar-refractivity contribution in [1.82, 2.24) is 10.3 Å². The topological polar surface area (TPSA) is 51.2 Å². The predicted molar refractivity (Wildman–Crippen MR) is 93.9 cm³/mol. The molecular formula is C18H22N2O2S. The lowest BCUT2D eigenvalue weighted by atomic mass is 10.1. The Balaban J connectivity index is 1.86. The second kappa shape index (κ2) is 8.58. The number of carbonyl (C=O) groups is 1. The van der Waals surface area contributed by atoms with Crippen LogP contribution < -0.4 is 10.1 Å². The number of benzene rings is 1.